The monoisotopic (exact) mass is 1420 g/mol. The topological polar surface area (TPSA) is 237 Å². The molecule has 0 aliphatic carbocycles. The van der Waals surface area contributed by atoms with Gasteiger partial charge in [-0.3, -0.25) is 37.3 Å². The van der Waals surface area contributed by atoms with E-state index in [1.54, 1.807) is 0 Å². The quantitative estimate of drug-likeness (QED) is 0.0222. The van der Waals surface area contributed by atoms with E-state index in [4.69, 9.17) is 37.0 Å². The maximum Gasteiger partial charge on any atom is 0.472 e. The van der Waals surface area contributed by atoms with E-state index in [2.05, 4.69) is 55.4 Å². The van der Waals surface area contributed by atoms with Crippen molar-refractivity contribution < 1.29 is 80.2 Å². The van der Waals surface area contributed by atoms with E-state index in [0.29, 0.717) is 25.7 Å². The van der Waals surface area contributed by atoms with Gasteiger partial charge in [0.1, 0.15) is 19.3 Å². The van der Waals surface area contributed by atoms with E-state index >= 15 is 0 Å². The van der Waals surface area contributed by atoms with Crippen LogP contribution in [-0.4, -0.2) is 96.7 Å². The van der Waals surface area contributed by atoms with Crippen molar-refractivity contribution in [3.05, 3.63) is 0 Å². The fourth-order valence-electron chi connectivity index (χ4n) is 11.9. The first kappa shape index (κ1) is 95.1. The summed E-state index contributed by atoms with van der Waals surface area (Å²) in [4.78, 5) is 72.9. The fraction of sp³-hybridized carbons (Fsp3) is 0.949. The van der Waals surface area contributed by atoms with Crippen LogP contribution in [0.25, 0.3) is 0 Å². The van der Waals surface area contributed by atoms with Crippen molar-refractivity contribution in [2.75, 3.05) is 39.6 Å². The number of carbonyl (C=O) groups excluding carboxylic acids is 4. The minimum Gasteiger partial charge on any atom is -0.462 e. The van der Waals surface area contributed by atoms with Gasteiger partial charge in [-0.1, -0.05) is 344 Å². The summed E-state index contributed by atoms with van der Waals surface area (Å²) < 4.78 is 68.6. The second-order valence-corrected chi connectivity index (χ2v) is 32.7. The van der Waals surface area contributed by atoms with Crippen LogP contribution in [0.15, 0.2) is 0 Å². The number of unbranched alkanes of at least 4 members (excludes halogenated alkanes) is 40. The van der Waals surface area contributed by atoms with E-state index in [1.807, 2.05) is 0 Å². The van der Waals surface area contributed by atoms with Gasteiger partial charge in [0.2, 0.25) is 0 Å². The second kappa shape index (κ2) is 67.2. The van der Waals surface area contributed by atoms with Crippen molar-refractivity contribution in [1.82, 2.24) is 0 Å². The minimum atomic E-state index is -4.96. The van der Waals surface area contributed by atoms with Crippen molar-refractivity contribution in [1.29, 1.82) is 0 Å². The summed E-state index contributed by atoms with van der Waals surface area (Å²) in [6.07, 6.45) is 52.7. The summed E-state index contributed by atoms with van der Waals surface area (Å²) >= 11 is 0. The van der Waals surface area contributed by atoms with E-state index in [-0.39, 0.29) is 25.7 Å². The first-order valence-corrected chi connectivity index (χ1v) is 43.2. The van der Waals surface area contributed by atoms with Crippen LogP contribution in [-0.2, 0) is 65.4 Å². The van der Waals surface area contributed by atoms with Crippen LogP contribution in [0.5, 0.6) is 0 Å². The molecule has 0 bridgehead atoms. The maximum absolute atomic E-state index is 13.1. The van der Waals surface area contributed by atoms with Crippen LogP contribution in [0.4, 0.5) is 0 Å². The van der Waals surface area contributed by atoms with Crippen LogP contribution in [0, 0.1) is 23.7 Å². The highest BCUT2D eigenvalue weighted by Gasteiger charge is 2.30. The average molecular weight is 1420 g/mol. The highest BCUT2D eigenvalue weighted by atomic mass is 31.2. The number of ether oxygens (including phenoxy) is 4. The number of phosphoric acid groups is 2. The molecule has 0 saturated carbocycles. The van der Waals surface area contributed by atoms with Gasteiger partial charge in [0.05, 0.1) is 26.4 Å². The van der Waals surface area contributed by atoms with E-state index < -0.39 is 97.5 Å². The van der Waals surface area contributed by atoms with Crippen LogP contribution < -0.4 is 0 Å². The molecule has 0 amide bonds. The lowest BCUT2D eigenvalue weighted by atomic mass is 10.00. The molecule has 0 saturated heterocycles. The number of aliphatic hydroxyl groups is 1. The van der Waals surface area contributed by atoms with Crippen molar-refractivity contribution in [2.24, 2.45) is 23.7 Å². The molecule has 0 fully saturated rings. The molecule has 3 unspecified atom stereocenters. The third-order valence-electron chi connectivity index (χ3n) is 18.4. The predicted octanol–water partition coefficient (Wildman–Crippen LogP) is 22.8. The molecular formula is C78H152O17P2. The average Bonchev–Trinajstić information content (AvgIpc) is 1.93. The van der Waals surface area contributed by atoms with Crippen molar-refractivity contribution in [3.63, 3.8) is 0 Å². The van der Waals surface area contributed by atoms with Crippen molar-refractivity contribution in [3.8, 4) is 0 Å². The number of hydrogen-bond donors (Lipinski definition) is 3. The van der Waals surface area contributed by atoms with Gasteiger partial charge < -0.3 is 33.8 Å². The molecule has 0 spiro atoms. The molecule has 0 rings (SSSR count). The van der Waals surface area contributed by atoms with Crippen LogP contribution in [0.2, 0.25) is 0 Å². The number of hydrogen-bond acceptors (Lipinski definition) is 15. The lowest BCUT2D eigenvalue weighted by molar-refractivity contribution is -0.161. The van der Waals surface area contributed by atoms with Gasteiger partial charge in [-0.15, -0.1) is 0 Å². The number of aliphatic hydroxyl groups excluding tert-OH is 1. The highest BCUT2D eigenvalue weighted by Crippen LogP contribution is 2.45. The zero-order valence-electron chi connectivity index (χ0n) is 63.7. The first-order chi connectivity index (χ1) is 46.6. The smallest absolute Gasteiger partial charge is 0.462 e. The standard InChI is InChI=1S/C78H152O17P2/c1-9-71(8)57-49-41-36-37-43-51-59-76(81)89-65-74(95-78(83)61-53-45-35-29-23-17-20-26-32-40-48-56-70(6)7)67-93-97(86,87)91-63-72(79)62-90-96(84,85)92-66-73(94-77(82)60-52-44-34-28-22-16-15-19-25-31-39-47-55-69(4)5)64-88-75(80)58-50-42-33-27-21-14-12-10-11-13-18-24-30-38-46-54-68(2)3/h68-74,79H,9-67H2,1-8H3,(H,84,85)(H,86,87)/t71?,72-,73-,74-/m1/s1. The summed E-state index contributed by atoms with van der Waals surface area (Å²) in [6, 6.07) is 0. The molecule has 0 heterocycles. The van der Waals surface area contributed by atoms with E-state index in [9.17, 15) is 43.2 Å². The number of rotatable bonds is 75. The fourth-order valence-corrected chi connectivity index (χ4v) is 13.5. The number of carbonyl (C=O) groups is 4. The molecule has 0 aromatic carbocycles. The van der Waals surface area contributed by atoms with Crippen LogP contribution in [0.1, 0.15) is 396 Å². The van der Waals surface area contributed by atoms with Gasteiger partial charge >= 0.3 is 39.5 Å². The van der Waals surface area contributed by atoms with Gasteiger partial charge in [0, 0.05) is 25.7 Å². The normalized spacial score (nSPS) is 14.4. The van der Waals surface area contributed by atoms with E-state index in [0.717, 1.165) is 120 Å². The Labute approximate surface area is 594 Å². The largest absolute Gasteiger partial charge is 0.472 e. The molecule has 0 aromatic rings. The molecule has 0 aliphatic rings. The molecule has 0 radical (unpaired) electrons. The lowest BCUT2D eigenvalue weighted by Crippen LogP contribution is -2.30. The van der Waals surface area contributed by atoms with Crippen LogP contribution >= 0.6 is 15.6 Å². The minimum absolute atomic E-state index is 0.105. The molecule has 97 heavy (non-hydrogen) atoms. The molecular weight excluding hydrogens is 1270 g/mol. The van der Waals surface area contributed by atoms with Crippen molar-refractivity contribution in [2.45, 2.75) is 414 Å². The molecule has 0 aliphatic heterocycles. The molecule has 19 heteroatoms. The predicted molar refractivity (Wildman–Crippen MR) is 395 cm³/mol. The number of esters is 4. The lowest BCUT2D eigenvalue weighted by Gasteiger charge is -2.21. The Morgan fingerprint density at radius 3 is 0.732 bits per heavy atom. The zero-order chi connectivity index (χ0) is 71.7. The Kier molecular flexibility index (Phi) is 65.9. The Balaban J connectivity index is 5.25. The van der Waals surface area contributed by atoms with Gasteiger partial charge in [-0.25, -0.2) is 9.13 Å². The van der Waals surface area contributed by atoms with Gasteiger partial charge in [0.15, 0.2) is 12.2 Å². The third-order valence-corrected chi connectivity index (χ3v) is 20.3. The van der Waals surface area contributed by atoms with Crippen LogP contribution in [0.3, 0.4) is 0 Å². The summed E-state index contributed by atoms with van der Waals surface area (Å²) in [7, 11) is -9.92. The molecule has 576 valence electrons. The molecule has 6 atom stereocenters. The second-order valence-electron chi connectivity index (χ2n) is 29.8. The Bertz CT molecular complexity index is 1900. The molecule has 17 nitrogen and oxygen atoms in total. The molecule has 0 aromatic heterocycles. The highest BCUT2D eigenvalue weighted by molar-refractivity contribution is 7.47. The van der Waals surface area contributed by atoms with Gasteiger partial charge in [0.25, 0.3) is 0 Å². The third kappa shape index (κ3) is 70.9. The molecule has 3 N–H and O–H groups in total. The summed E-state index contributed by atoms with van der Waals surface area (Å²) in [5.41, 5.74) is 0. The summed E-state index contributed by atoms with van der Waals surface area (Å²) in [5.74, 6) is 0.961. The Morgan fingerprint density at radius 2 is 0.495 bits per heavy atom. The Hall–Kier alpha value is -1.94. The SMILES string of the molecule is CCC(C)CCCCCCCCC(=O)OC[C@H](COP(=O)(O)OC[C@H](O)COP(=O)(O)OC[C@@H](COC(=O)CCCCCCCCCCCCCCCCCC(C)C)OC(=O)CCCCCCCCCCCCCCC(C)C)OC(=O)CCCCCCCCCCCCCC(C)C. The van der Waals surface area contributed by atoms with Gasteiger partial charge in [-0.2, -0.15) is 0 Å². The maximum atomic E-state index is 13.1. The van der Waals surface area contributed by atoms with Crippen molar-refractivity contribution >= 4 is 39.5 Å². The number of phosphoric ester groups is 2. The van der Waals surface area contributed by atoms with Gasteiger partial charge in [-0.05, 0) is 49.4 Å². The first-order valence-electron chi connectivity index (χ1n) is 40.2. The Morgan fingerprint density at radius 1 is 0.289 bits per heavy atom. The summed E-state index contributed by atoms with van der Waals surface area (Å²) in [5, 5.41) is 10.6. The zero-order valence-corrected chi connectivity index (χ0v) is 65.5. The van der Waals surface area contributed by atoms with E-state index in [1.165, 1.54) is 193 Å². The summed E-state index contributed by atoms with van der Waals surface area (Å²) in [6.45, 7) is 14.2.